The molecule has 0 fully saturated rings. The highest BCUT2D eigenvalue weighted by molar-refractivity contribution is 6.31. The number of rotatable bonds is 4. The lowest BCUT2D eigenvalue weighted by atomic mass is 9.84. The molecule has 0 radical (unpaired) electrons. The molecule has 0 saturated heterocycles. The monoisotopic (exact) mass is 313 g/mol. The molecular formula is C15H20ClNO4. The standard InChI is InChI=1S/C15H20ClNO4/c1-15(2,14(18)19-3)8-11(17)9-6-12-13(7-10(9)16)21-5-4-20-12/h6-7,11H,4-5,8,17H2,1-3H3. The number of halogens is 1. The van der Waals surface area contributed by atoms with Crippen LogP contribution < -0.4 is 15.2 Å². The van der Waals surface area contributed by atoms with Gasteiger partial charge in [-0.3, -0.25) is 4.79 Å². The molecule has 116 valence electrons. The predicted octanol–water partition coefficient (Wildman–Crippen LogP) is 2.70. The highest BCUT2D eigenvalue weighted by atomic mass is 35.5. The first kappa shape index (κ1) is 15.9. The molecule has 0 aliphatic carbocycles. The summed E-state index contributed by atoms with van der Waals surface area (Å²) >= 11 is 6.27. The highest BCUT2D eigenvalue weighted by Gasteiger charge is 2.32. The van der Waals surface area contributed by atoms with E-state index in [1.165, 1.54) is 7.11 Å². The second-order valence-corrected chi connectivity index (χ2v) is 6.11. The van der Waals surface area contributed by atoms with Gasteiger partial charge in [0.15, 0.2) is 11.5 Å². The van der Waals surface area contributed by atoms with E-state index in [9.17, 15) is 4.79 Å². The van der Waals surface area contributed by atoms with Crippen molar-refractivity contribution in [3.8, 4) is 11.5 Å². The van der Waals surface area contributed by atoms with Crippen LogP contribution in [0.5, 0.6) is 11.5 Å². The number of nitrogens with two attached hydrogens (primary N) is 1. The van der Waals surface area contributed by atoms with Crippen LogP contribution in [0.3, 0.4) is 0 Å². The normalized spacial score (nSPS) is 15.5. The Morgan fingerprint density at radius 3 is 2.52 bits per heavy atom. The first-order chi connectivity index (χ1) is 9.85. The maximum atomic E-state index is 11.8. The molecule has 6 heteroatoms. The van der Waals surface area contributed by atoms with Crippen LogP contribution in [-0.2, 0) is 9.53 Å². The van der Waals surface area contributed by atoms with Crippen LogP contribution in [0.4, 0.5) is 0 Å². The molecule has 1 atom stereocenters. The Morgan fingerprint density at radius 1 is 1.38 bits per heavy atom. The van der Waals surface area contributed by atoms with Gasteiger partial charge in [0.25, 0.3) is 0 Å². The number of carbonyl (C=O) groups excluding carboxylic acids is 1. The topological polar surface area (TPSA) is 70.8 Å². The van der Waals surface area contributed by atoms with Gasteiger partial charge >= 0.3 is 5.97 Å². The van der Waals surface area contributed by atoms with E-state index in [2.05, 4.69) is 0 Å². The molecule has 2 N–H and O–H groups in total. The Bertz CT molecular complexity index is 545. The molecule has 0 spiro atoms. The Morgan fingerprint density at radius 2 is 1.95 bits per heavy atom. The van der Waals surface area contributed by atoms with Crippen molar-refractivity contribution in [3.05, 3.63) is 22.7 Å². The van der Waals surface area contributed by atoms with Gasteiger partial charge in [0, 0.05) is 17.1 Å². The van der Waals surface area contributed by atoms with Gasteiger partial charge < -0.3 is 19.9 Å². The highest BCUT2D eigenvalue weighted by Crippen LogP contribution is 2.40. The average Bonchev–Trinajstić information content (AvgIpc) is 2.44. The quantitative estimate of drug-likeness (QED) is 0.865. The van der Waals surface area contributed by atoms with Gasteiger partial charge in [0.2, 0.25) is 0 Å². The van der Waals surface area contributed by atoms with Crippen LogP contribution in [0.2, 0.25) is 5.02 Å². The molecule has 1 heterocycles. The summed E-state index contributed by atoms with van der Waals surface area (Å²) in [5.41, 5.74) is 6.26. The molecule has 1 aromatic rings. The fourth-order valence-electron chi connectivity index (χ4n) is 2.38. The lowest BCUT2D eigenvalue weighted by molar-refractivity contribution is -0.151. The van der Waals surface area contributed by atoms with Crippen molar-refractivity contribution in [2.45, 2.75) is 26.3 Å². The average molecular weight is 314 g/mol. The summed E-state index contributed by atoms with van der Waals surface area (Å²) in [6.45, 7) is 4.59. The second kappa shape index (κ2) is 6.12. The van der Waals surface area contributed by atoms with Crippen molar-refractivity contribution in [2.75, 3.05) is 20.3 Å². The van der Waals surface area contributed by atoms with Crippen molar-refractivity contribution in [3.63, 3.8) is 0 Å². The number of ether oxygens (including phenoxy) is 3. The number of fused-ring (bicyclic) bond motifs is 1. The van der Waals surface area contributed by atoms with E-state index in [-0.39, 0.29) is 5.97 Å². The Labute approximate surface area is 129 Å². The predicted molar refractivity (Wildman–Crippen MR) is 79.8 cm³/mol. The molecule has 1 aliphatic heterocycles. The zero-order valence-corrected chi connectivity index (χ0v) is 13.2. The van der Waals surface area contributed by atoms with E-state index in [1.807, 2.05) is 0 Å². The molecule has 2 rings (SSSR count). The van der Waals surface area contributed by atoms with Gasteiger partial charge in [-0.05, 0) is 31.9 Å². The largest absolute Gasteiger partial charge is 0.486 e. The van der Waals surface area contributed by atoms with Gasteiger partial charge in [-0.15, -0.1) is 0 Å². The summed E-state index contributed by atoms with van der Waals surface area (Å²) in [5.74, 6) is 0.952. The molecule has 21 heavy (non-hydrogen) atoms. The van der Waals surface area contributed by atoms with Gasteiger partial charge in [0.05, 0.1) is 12.5 Å². The van der Waals surface area contributed by atoms with E-state index in [1.54, 1.807) is 26.0 Å². The Balaban J connectivity index is 2.23. The maximum Gasteiger partial charge on any atom is 0.311 e. The zero-order chi connectivity index (χ0) is 15.6. The third-order valence-corrected chi connectivity index (χ3v) is 3.86. The van der Waals surface area contributed by atoms with Crippen LogP contribution in [-0.4, -0.2) is 26.3 Å². The fraction of sp³-hybridized carbons (Fsp3) is 0.533. The smallest absolute Gasteiger partial charge is 0.311 e. The summed E-state index contributed by atoms with van der Waals surface area (Å²) in [6.07, 6.45) is 0.416. The third kappa shape index (κ3) is 3.41. The minimum atomic E-state index is -0.690. The number of hydrogen-bond donors (Lipinski definition) is 1. The molecule has 1 aliphatic rings. The first-order valence-electron chi connectivity index (χ1n) is 6.78. The van der Waals surface area contributed by atoms with E-state index >= 15 is 0 Å². The SMILES string of the molecule is COC(=O)C(C)(C)CC(N)c1cc2c(cc1Cl)OCCO2. The molecule has 0 bridgehead atoms. The minimum Gasteiger partial charge on any atom is -0.486 e. The van der Waals surface area contributed by atoms with Crippen LogP contribution in [0.15, 0.2) is 12.1 Å². The Hall–Kier alpha value is -1.46. The molecule has 1 aromatic carbocycles. The van der Waals surface area contributed by atoms with Crippen LogP contribution in [0.25, 0.3) is 0 Å². The van der Waals surface area contributed by atoms with Crippen molar-refractivity contribution >= 4 is 17.6 Å². The number of carbonyl (C=O) groups is 1. The van der Waals surface area contributed by atoms with Crippen molar-refractivity contribution in [1.29, 1.82) is 0 Å². The summed E-state index contributed by atoms with van der Waals surface area (Å²) in [6, 6.07) is 3.09. The van der Waals surface area contributed by atoms with Crippen molar-refractivity contribution in [1.82, 2.24) is 0 Å². The van der Waals surface area contributed by atoms with Crippen molar-refractivity contribution in [2.24, 2.45) is 11.1 Å². The second-order valence-electron chi connectivity index (χ2n) is 5.70. The van der Waals surface area contributed by atoms with Gasteiger partial charge in [-0.2, -0.15) is 0 Å². The minimum absolute atomic E-state index is 0.299. The number of benzene rings is 1. The van der Waals surface area contributed by atoms with Gasteiger partial charge in [0.1, 0.15) is 13.2 Å². The number of hydrogen-bond acceptors (Lipinski definition) is 5. The number of methoxy groups -OCH3 is 1. The summed E-state index contributed by atoms with van der Waals surface area (Å²) in [4.78, 5) is 11.8. The first-order valence-corrected chi connectivity index (χ1v) is 7.16. The summed E-state index contributed by atoms with van der Waals surface area (Å²) < 4.78 is 15.8. The molecule has 0 aromatic heterocycles. The van der Waals surface area contributed by atoms with E-state index < -0.39 is 11.5 Å². The molecular weight excluding hydrogens is 294 g/mol. The molecule has 1 unspecified atom stereocenters. The van der Waals surface area contributed by atoms with Crippen LogP contribution in [0, 0.1) is 5.41 Å². The zero-order valence-electron chi connectivity index (χ0n) is 12.4. The molecule has 0 saturated carbocycles. The summed E-state index contributed by atoms with van der Waals surface area (Å²) in [7, 11) is 1.37. The number of esters is 1. The fourth-order valence-corrected chi connectivity index (χ4v) is 2.68. The van der Waals surface area contributed by atoms with E-state index in [4.69, 9.17) is 31.5 Å². The van der Waals surface area contributed by atoms with E-state index in [0.717, 1.165) is 5.56 Å². The van der Waals surface area contributed by atoms with E-state index in [0.29, 0.717) is 36.2 Å². The third-order valence-electron chi connectivity index (χ3n) is 3.53. The van der Waals surface area contributed by atoms with Crippen molar-refractivity contribution < 1.29 is 19.0 Å². The molecule has 5 nitrogen and oxygen atoms in total. The lowest BCUT2D eigenvalue weighted by Crippen LogP contribution is -2.30. The van der Waals surface area contributed by atoms with Gasteiger partial charge in [-0.1, -0.05) is 11.6 Å². The Kier molecular flexibility index (Phi) is 4.64. The van der Waals surface area contributed by atoms with Crippen LogP contribution >= 0.6 is 11.6 Å². The molecule has 0 amide bonds. The van der Waals surface area contributed by atoms with Crippen LogP contribution in [0.1, 0.15) is 31.9 Å². The van der Waals surface area contributed by atoms with Gasteiger partial charge in [-0.25, -0.2) is 0 Å². The maximum absolute atomic E-state index is 11.8. The lowest BCUT2D eigenvalue weighted by Gasteiger charge is -2.27. The summed E-state index contributed by atoms with van der Waals surface area (Å²) in [5, 5.41) is 0.507.